The highest BCUT2D eigenvalue weighted by Crippen LogP contribution is 2.22. The molecule has 74 valence electrons. The summed E-state index contributed by atoms with van der Waals surface area (Å²) in [5.41, 5.74) is 13.4. The van der Waals surface area contributed by atoms with Crippen molar-refractivity contribution < 1.29 is 0 Å². The average molecular weight is 191 g/mol. The molecule has 0 fully saturated rings. The zero-order valence-corrected chi connectivity index (χ0v) is 8.23. The van der Waals surface area contributed by atoms with Crippen molar-refractivity contribution in [1.82, 2.24) is 14.5 Å². The Kier molecular flexibility index (Phi) is 1.80. The van der Waals surface area contributed by atoms with Gasteiger partial charge in [-0.05, 0) is 13.8 Å². The van der Waals surface area contributed by atoms with Crippen LogP contribution in [0.3, 0.4) is 0 Å². The largest absolute Gasteiger partial charge is 0.397 e. The maximum Gasteiger partial charge on any atom is 0.164 e. The summed E-state index contributed by atoms with van der Waals surface area (Å²) in [6, 6.07) is 1.92. The van der Waals surface area contributed by atoms with Crippen molar-refractivity contribution >= 4 is 22.7 Å². The number of rotatable bonds is 1. The highest BCUT2D eigenvalue weighted by Gasteiger charge is 2.09. The monoisotopic (exact) mass is 191 g/mol. The Morgan fingerprint density at radius 3 is 2.71 bits per heavy atom. The molecule has 0 atom stereocenters. The molecule has 2 aromatic heterocycles. The fourth-order valence-electron chi connectivity index (χ4n) is 1.43. The molecule has 0 saturated heterocycles. The minimum atomic E-state index is 0.300. The topological polar surface area (TPSA) is 82.8 Å². The van der Waals surface area contributed by atoms with E-state index in [1.54, 1.807) is 12.4 Å². The summed E-state index contributed by atoms with van der Waals surface area (Å²) in [6.07, 6.45) is 1.73. The van der Waals surface area contributed by atoms with Gasteiger partial charge in [0.2, 0.25) is 0 Å². The first-order valence-corrected chi connectivity index (χ1v) is 4.48. The third-order valence-electron chi connectivity index (χ3n) is 2.14. The fourth-order valence-corrected chi connectivity index (χ4v) is 1.43. The van der Waals surface area contributed by atoms with Crippen LogP contribution >= 0.6 is 0 Å². The van der Waals surface area contributed by atoms with E-state index in [0.717, 1.165) is 5.65 Å². The van der Waals surface area contributed by atoms with E-state index in [0.29, 0.717) is 23.1 Å². The molecule has 0 aliphatic rings. The van der Waals surface area contributed by atoms with Crippen LogP contribution in [0.5, 0.6) is 0 Å². The second-order valence-corrected chi connectivity index (χ2v) is 3.55. The lowest BCUT2D eigenvalue weighted by atomic mass is 10.3. The minimum Gasteiger partial charge on any atom is -0.397 e. The third-order valence-corrected chi connectivity index (χ3v) is 2.14. The van der Waals surface area contributed by atoms with Crippen LogP contribution < -0.4 is 11.5 Å². The second-order valence-electron chi connectivity index (χ2n) is 3.55. The second kappa shape index (κ2) is 2.87. The zero-order valence-electron chi connectivity index (χ0n) is 8.23. The van der Waals surface area contributed by atoms with Gasteiger partial charge in [-0.2, -0.15) is 0 Å². The number of nitrogens with zero attached hydrogens (tertiary/aromatic N) is 3. The molecule has 0 aliphatic carbocycles. The first kappa shape index (κ1) is 8.80. The molecule has 14 heavy (non-hydrogen) atoms. The lowest BCUT2D eigenvalue weighted by Gasteiger charge is -2.07. The number of fused-ring (bicyclic) bond motifs is 1. The average Bonchev–Trinajstić information content (AvgIpc) is 2.47. The van der Waals surface area contributed by atoms with E-state index < -0.39 is 0 Å². The highest BCUT2D eigenvalue weighted by molar-refractivity contribution is 5.86. The van der Waals surface area contributed by atoms with Gasteiger partial charge in [-0.25, -0.2) is 9.97 Å². The van der Waals surface area contributed by atoms with Gasteiger partial charge in [0.15, 0.2) is 5.65 Å². The molecule has 0 unspecified atom stereocenters. The summed E-state index contributed by atoms with van der Waals surface area (Å²) in [6.45, 7) is 4.12. The van der Waals surface area contributed by atoms with Crippen molar-refractivity contribution in [3.63, 3.8) is 0 Å². The SMILES string of the molecule is CC(C)n1cnc2c(N)cc(N)nc21. The van der Waals surface area contributed by atoms with Gasteiger partial charge in [0.25, 0.3) is 0 Å². The van der Waals surface area contributed by atoms with Crippen LogP contribution in [0.1, 0.15) is 19.9 Å². The van der Waals surface area contributed by atoms with Crippen molar-refractivity contribution in [3.05, 3.63) is 12.4 Å². The molecule has 4 N–H and O–H groups in total. The Morgan fingerprint density at radius 1 is 1.36 bits per heavy atom. The molecule has 0 bridgehead atoms. The number of imidazole rings is 1. The lowest BCUT2D eigenvalue weighted by Crippen LogP contribution is -2.02. The normalized spacial score (nSPS) is 11.4. The Labute approximate surface area is 81.7 Å². The molecule has 0 aliphatic heterocycles. The third kappa shape index (κ3) is 1.17. The Hall–Kier alpha value is -1.78. The van der Waals surface area contributed by atoms with E-state index in [-0.39, 0.29) is 0 Å². The molecule has 5 nitrogen and oxygen atoms in total. The molecule has 2 heterocycles. The first-order chi connectivity index (χ1) is 6.59. The van der Waals surface area contributed by atoms with Crippen molar-refractivity contribution in [2.75, 3.05) is 11.5 Å². The Bertz CT molecular complexity index is 471. The predicted molar refractivity (Wildman–Crippen MR) is 56.7 cm³/mol. The molecule has 0 saturated carbocycles. The van der Waals surface area contributed by atoms with Gasteiger partial charge < -0.3 is 16.0 Å². The van der Waals surface area contributed by atoms with Crippen LogP contribution in [0.2, 0.25) is 0 Å². The van der Waals surface area contributed by atoms with Crippen LogP contribution in [0.4, 0.5) is 11.5 Å². The Balaban J connectivity index is 2.78. The van der Waals surface area contributed by atoms with Crippen molar-refractivity contribution in [1.29, 1.82) is 0 Å². The van der Waals surface area contributed by atoms with Gasteiger partial charge in [-0.3, -0.25) is 0 Å². The van der Waals surface area contributed by atoms with Gasteiger partial charge >= 0.3 is 0 Å². The highest BCUT2D eigenvalue weighted by atomic mass is 15.1. The van der Waals surface area contributed by atoms with Crippen LogP contribution in [0.15, 0.2) is 12.4 Å². The number of hydrogen-bond donors (Lipinski definition) is 2. The van der Waals surface area contributed by atoms with E-state index in [1.165, 1.54) is 0 Å². The van der Waals surface area contributed by atoms with E-state index in [1.807, 2.05) is 4.57 Å². The maximum absolute atomic E-state index is 5.77. The molecule has 2 rings (SSSR count). The summed E-state index contributed by atoms with van der Waals surface area (Å²) >= 11 is 0. The lowest BCUT2D eigenvalue weighted by molar-refractivity contribution is 0.613. The summed E-state index contributed by atoms with van der Waals surface area (Å²) in [7, 11) is 0. The van der Waals surface area contributed by atoms with Crippen molar-refractivity contribution in [2.24, 2.45) is 0 Å². The molecular weight excluding hydrogens is 178 g/mol. The number of pyridine rings is 1. The minimum absolute atomic E-state index is 0.300. The van der Waals surface area contributed by atoms with E-state index in [4.69, 9.17) is 11.5 Å². The predicted octanol–water partition coefficient (Wildman–Crippen LogP) is 1.18. The molecule has 2 aromatic rings. The van der Waals surface area contributed by atoms with Gasteiger partial charge in [-0.15, -0.1) is 0 Å². The first-order valence-electron chi connectivity index (χ1n) is 4.48. The van der Waals surface area contributed by atoms with E-state index in [2.05, 4.69) is 23.8 Å². The standard InChI is InChI=1S/C9H13N5/c1-5(2)14-4-12-8-6(10)3-7(11)13-9(8)14/h3-5H,1-2H3,(H4,10,11,13). The molecule has 5 heteroatoms. The quantitative estimate of drug-likeness (QED) is 0.709. The van der Waals surface area contributed by atoms with Gasteiger partial charge in [-0.1, -0.05) is 0 Å². The summed E-state index contributed by atoms with van der Waals surface area (Å²) in [4.78, 5) is 8.42. The van der Waals surface area contributed by atoms with E-state index in [9.17, 15) is 0 Å². The summed E-state index contributed by atoms with van der Waals surface area (Å²) < 4.78 is 1.95. The molecule has 0 amide bonds. The van der Waals surface area contributed by atoms with E-state index >= 15 is 0 Å². The molecule has 0 spiro atoms. The van der Waals surface area contributed by atoms with Crippen LogP contribution in [0, 0.1) is 0 Å². The number of nitrogen functional groups attached to an aromatic ring is 2. The summed E-state index contributed by atoms with van der Waals surface area (Å²) in [5, 5.41) is 0. The van der Waals surface area contributed by atoms with Gasteiger partial charge in [0.05, 0.1) is 12.0 Å². The van der Waals surface area contributed by atoms with Gasteiger partial charge in [0, 0.05) is 12.1 Å². The maximum atomic E-state index is 5.77. The number of aromatic nitrogens is 3. The molecular formula is C9H13N5. The fraction of sp³-hybridized carbons (Fsp3) is 0.333. The van der Waals surface area contributed by atoms with Crippen molar-refractivity contribution in [3.8, 4) is 0 Å². The van der Waals surface area contributed by atoms with Crippen molar-refractivity contribution in [2.45, 2.75) is 19.9 Å². The van der Waals surface area contributed by atoms with Crippen LogP contribution in [0.25, 0.3) is 11.2 Å². The summed E-state index contributed by atoms with van der Waals surface area (Å²) in [5.74, 6) is 0.428. The van der Waals surface area contributed by atoms with Crippen LogP contribution in [-0.2, 0) is 0 Å². The molecule has 0 aromatic carbocycles. The number of nitrogens with two attached hydrogens (primary N) is 2. The smallest absolute Gasteiger partial charge is 0.164 e. The molecule has 0 radical (unpaired) electrons. The Morgan fingerprint density at radius 2 is 2.07 bits per heavy atom. The number of anilines is 2. The van der Waals surface area contributed by atoms with Gasteiger partial charge in [0.1, 0.15) is 11.3 Å². The van der Waals surface area contributed by atoms with Crippen LogP contribution in [-0.4, -0.2) is 14.5 Å². The number of hydrogen-bond acceptors (Lipinski definition) is 4. The zero-order chi connectivity index (χ0) is 10.3.